The van der Waals surface area contributed by atoms with Gasteiger partial charge < -0.3 is 4.90 Å². The van der Waals surface area contributed by atoms with Gasteiger partial charge in [0.1, 0.15) is 5.82 Å². The molecule has 3 aromatic rings. The van der Waals surface area contributed by atoms with E-state index in [1.165, 1.54) is 11.1 Å². The topological polar surface area (TPSA) is 23.6 Å². The van der Waals surface area contributed by atoms with E-state index in [4.69, 9.17) is 0 Å². The smallest absolute Gasteiger partial charge is 0.227 e. The molecular formula is C25H24BrFN2O. The second-order valence-corrected chi connectivity index (χ2v) is 8.38. The van der Waals surface area contributed by atoms with Crippen LogP contribution in [-0.2, 0) is 11.2 Å². The van der Waals surface area contributed by atoms with Crippen LogP contribution in [0.5, 0.6) is 0 Å². The van der Waals surface area contributed by atoms with Crippen molar-refractivity contribution in [3.05, 3.63) is 106 Å². The molecule has 30 heavy (non-hydrogen) atoms. The van der Waals surface area contributed by atoms with Gasteiger partial charge in [-0.25, -0.2) is 4.39 Å². The van der Waals surface area contributed by atoms with Crippen LogP contribution < -0.4 is 0 Å². The van der Waals surface area contributed by atoms with Crippen molar-refractivity contribution in [3.63, 3.8) is 0 Å². The van der Waals surface area contributed by atoms with Crippen LogP contribution in [-0.4, -0.2) is 41.9 Å². The Kier molecular flexibility index (Phi) is 6.60. The molecule has 0 N–H and O–H groups in total. The van der Waals surface area contributed by atoms with E-state index in [0.29, 0.717) is 23.1 Å². The van der Waals surface area contributed by atoms with Gasteiger partial charge in [0.25, 0.3) is 0 Å². The summed E-state index contributed by atoms with van der Waals surface area (Å²) >= 11 is 3.19. The lowest BCUT2D eigenvalue weighted by Gasteiger charge is -2.40. The Morgan fingerprint density at radius 2 is 1.40 bits per heavy atom. The second-order valence-electron chi connectivity index (χ2n) is 7.53. The number of piperazine rings is 1. The molecule has 1 fully saturated rings. The second kappa shape index (κ2) is 9.54. The van der Waals surface area contributed by atoms with Gasteiger partial charge in [0.05, 0.1) is 16.9 Å². The van der Waals surface area contributed by atoms with E-state index in [1.54, 1.807) is 18.2 Å². The number of halogens is 2. The fourth-order valence-electron chi connectivity index (χ4n) is 4.07. The number of carbonyl (C=O) groups is 1. The number of benzene rings is 3. The van der Waals surface area contributed by atoms with Gasteiger partial charge in [0, 0.05) is 26.2 Å². The fraction of sp³-hybridized carbons (Fsp3) is 0.240. The Morgan fingerprint density at radius 3 is 1.97 bits per heavy atom. The highest BCUT2D eigenvalue weighted by molar-refractivity contribution is 9.10. The molecule has 4 rings (SSSR count). The first-order valence-corrected chi connectivity index (χ1v) is 11.0. The largest absolute Gasteiger partial charge is 0.340 e. The standard InChI is InChI=1S/C25H24BrFN2O/c26-22-13-7-12-21(24(22)27)18-23(30)28-14-16-29(17-15-28)25(19-8-3-1-4-9-19)20-10-5-2-6-11-20/h1-13,25H,14-18H2. The number of hydrogen-bond donors (Lipinski definition) is 0. The molecule has 0 spiro atoms. The highest BCUT2D eigenvalue weighted by Crippen LogP contribution is 2.29. The van der Waals surface area contributed by atoms with Crippen molar-refractivity contribution in [2.24, 2.45) is 0 Å². The van der Waals surface area contributed by atoms with Crippen LogP contribution >= 0.6 is 15.9 Å². The molecule has 154 valence electrons. The predicted molar refractivity (Wildman–Crippen MR) is 121 cm³/mol. The first-order valence-electron chi connectivity index (χ1n) is 10.2. The molecule has 0 atom stereocenters. The van der Waals surface area contributed by atoms with Gasteiger partial charge in [-0.1, -0.05) is 72.8 Å². The van der Waals surface area contributed by atoms with Crippen LogP contribution in [0.15, 0.2) is 83.3 Å². The number of rotatable bonds is 5. The number of amides is 1. The van der Waals surface area contributed by atoms with Crippen molar-refractivity contribution in [2.45, 2.75) is 12.5 Å². The van der Waals surface area contributed by atoms with Gasteiger partial charge in [-0.2, -0.15) is 0 Å². The van der Waals surface area contributed by atoms with E-state index in [0.717, 1.165) is 13.1 Å². The van der Waals surface area contributed by atoms with Crippen LogP contribution in [0, 0.1) is 5.82 Å². The van der Waals surface area contributed by atoms with Crippen LogP contribution in [0.2, 0.25) is 0 Å². The van der Waals surface area contributed by atoms with Crippen LogP contribution in [0.4, 0.5) is 4.39 Å². The summed E-state index contributed by atoms with van der Waals surface area (Å²) in [5.74, 6) is -0.375. The molecular weight excluding hydrogens is 443 g/mol. The van der Waals surface area contributed by atoms with Crippen molar-refractivity contribution < 1.29 is 9.18 Å². The zero-order chi connectivity index (χ0) is 20.9. The molecule has 5 heteroatoms. The lowest BCUT2D eigenvalue weighted by Crippen LogP contribution is -2.50. The fourth-order valence-corrected chi connectivity index (χ4v) is 4.48. The van der Waals surface area contributed by atoms with Crippen molar-refractivity contribution in [3.8, 4) is 0 Å². The zero-order valence-corrected chi connectivity index (χ0v) is 18.3. The van der Waals surface area contributed by atoms with Crippen molar-refractivity contribution >= 4 is 21.8 Å². The molecule has 0 saturated carbocycles. The molecule has 3 aromatic carbocycles. The normalized spacial score (nSPS) is 14.8. The van der Waals surface area contributed by atoms with Crippen molar-refractivity contribution in [2.75, 3.05) is 26.2 Å². The molecule has 1 amide bonds. The van der Waals surface area contributed by atoms with Gasteiger partial charge in [-0.3, -0.25) is 9.69 Å². The van der Waals surface area contributed by atoms with E-state index in [-0.39, 0.29) is 24.2 Å². The molecule has 0 aliphatic carbocycles. The summed E-state index contributed by atoms with van der Waals surface area (Å²) in [6.45, 7) is 2.84. The van der Waals surface area contributed by atoms with E-state index < -0.39 is 0 Å². The third-order valence-corrected chi connectivity index (χ3v) is 6.25. The minimum Gasteiger partial charge on any atom is -0.340 e. The Hall–Kier alpha value is -2.50. The Bertz CT molecular complexity index is 949. The van der Waals surface area contributed by atoms with Crippen LogP contribution in [0.25, 0.3) is 0 Å². The zero-order valence-electron chi connectivity index (χ0n) is 16.7. The lowest BCUT2D eigenvalue weighted by molar-refractivity contribution is -0.132. The van der Waals surface area contributed by atoms with Crippen molar-refractivity contribution in [1.29, 1.82) is 0 Å². The minimum atomic E-state index is -0.349. The lowest BCUT2D eigenvalue weighted by atomic mass is 9.96. The highest BCUT2D eigenvalue weighted by atomic mass is 79.9. The molecule has 1 saturated heterocycles. The number of nitrogens with zero attached hydrogens (tertiary/aromatic N) is 2. The maximum atomic E-state index is 14.2. The molecule has 0 aromatic heterocycles. The van der Waals surface area contributed by atoms with Gasteiger partial charge in [0.2, 0.25) is 5.91 Å². The van der Waals surface area contributed by atoms with Gasteiger partial charge in [-0.05, 0) is 38.7 Å². The van der Waals surface area contributed by atoms with E-state index in [1.807, 2.05) is 17.0 Å². The number of carbonyl (C=O) groups excluding carboxylic acids is 1. The monoisotopic (exact) mass is 466 g/mol. The average Bonchev–Trinajstić information content (AvgIpc) is 2.79. The summed E-state index contributed by atoms with van der Waals surface area (Å²) in [7, 11) is 0. The first kappa shape index (κ1) is 20.8. The molecule has 0 bridgehead atoms. The number of hydrogen-bond acceptors (Lipinski definition) is 2. The summed E-state index contributed by atoms with van der Waals surface area (Å²) in [5, 5.41) is 0. The third kappa shape index (κ3) is 4.63. The van der Waals surface area contributed by atoms with Gasteiger partial charge in [-0.15, -0.1) is 0 Å². The Labute approximate surface area is 185 Å². The highest BCUT2D eigenvalue weighted by Gasteiger charge is 2.28. The summed E-state index contributed by atoms with van der Waals surface area (Å²) in [6.07, 6.45) is 0.0894. The van der Waals surface area contributed by atoms with E-state index in [9.17, 15) is 9.18 Å². The molecule has 0 radical (unpaired) electrons. The summed E-state index contributed by atoms with van der Waals surface area (Å²) in [4.78, 5) is 17.0. The maximum Gasteiger partial charge on any atom is 0.227 e. The summed E-state index contributed by atoms with van der Waals surface area (Å²) in [5.41, 5.74) is 2.93. The van der Waals surface area contributed by atoms with E-state index >= 15 is 0 Å². The van der Waals surface area contributed by atoms with Crippen LogP contribution in [0.3, 0.4) is 0 Å². The molecule has 1 aliphatic rings. The molecule has 3 nitrogen and oxygen atoms in total. The molecule has 0 unspecified atom stereocenters. The summed E-state index contributed by atoms with van der Waals surface area (Å²) in [6, 6.07) is 26.2. The third-order valence-electron chi connectivity index (χ3n) is 5.64. The molecule has 1 aliphatic heterocycles. The minimum absolute atomic E-state index is 0.0253. The molecule has 1 heterocycles. The SMILES string of the molecule is O=C(Cc1cccc(Br)c1F)N1CCN(C(c2ccccc2)c2ccccc2)CC1. The summed E-state index contributed by atoms with van der Waals surface area (Å²) < 4.78 is 14.6. The first-order chi connectivity index (χ1) is 14.6. The predicted octanol–water partition coefficient (Wildman–Crippen LogP) is 5.06. The maximum absolute atomic E-state index is 14.2. The van der Waals surface area contributed by atoms with Gasteiger partial charge >= 0.3 is 0 Å². The van der Waals surface area contributed by atoms with Crippen LogP contribution in [0.1, 0.15) is 22.7 Å². The average molecular weight is 467 g/mol. The Morgan fingerprint density at radius 1 is 0.833 bits per heavy atom. The van der Waals surface area contributed by atoms with Gasteiger partial charge in [0.15, 0.2) is 0 Å². The quantitative estimate of drug-likeness (QED) is 0.524. The Balaban J connectivity index is 1.46. The van der Waals surface area contributed by atoms with E-state index in [2.05, 4.69) is 69.4 Å². The van der Waals surface area contributed by atoms with Crippen molar-refractivity contribution in [1.82, 2.24) is 9.80 Å².